The molecule has 132 valence electrons. The Morgan fingerprint density at radius 2 is 1.96 bits per heavy atom. The Hall–Kier alpha value is -2.68. The van der Waals surface area contributed by atoms with Crippen LogP contribution in [0.1, 0.15) is 24.6 Å². The van der Waals surface area contributed by atoms with Crippen LogP contribution in [0.3, 0.4) is 0 Å². The van der Waals surface area contributed by atoms with Gasteiger partial charge in [-0.25, -0.2) is 0 Å². The molecule has 0 aliphatic heterocycles. The predicted octanol–water partition coefficient (Wildman–Crippen LogP) is 1.48. The number of hydrogen-bond acceptors (Lipinski definition) is 6. The van der Waals surface area contributed by atoms with Crippen LogP contribution in [0.15, 0.2) is 34.2 Å². The molecule has 0 bridgehead atoms. The first-order valence-corrected chi connectivity index (χ1v) is 8.65. The summed E-state index contributed by atoms with van der Waals surface area (Å²) in [7, 11) is 0. The van der Waals surface area contributed by atoms with Crippen LogP contribution in [0.4, 0.5) is 5.69 Å². The number of hydrogen-bond donors (Lipinski definition) is 3. The standard InChI is InChI=1S/C16H18N4O4S/c1-2-10-3-5-11(6-4-10)17-13(21)9-25-16-18-15(24)12(19-20-16)7-8-14(22)23/h3-6H,2,7-9H2,1H3,(H,17,21)(H,22,23)(H,18,20,24). The van der Waals surface area contributed by atoms with Gasteiger partial charge in [0.25, 0.3) is 5.56 Å². The summed E-state index contributed by atoms with van der Waals surface area (Å²) in [6, 6.07) is 7.56. The lowest BCUT2D eigenvalue weighted by atomic mass is 10.1. The third-order valence-corrected chi connectivity index (χ3v) is 4.17. The summed E-state index contributed by atoms with van der Waals surface area (Å²) in [5, 5.41) is 19.1. The minimum Gasteiger partial charge on any atom is -0.481 e. The van der Waals surface area contributed by atoms with Crippen molar-refractivity contribution in [1.29, 1.82) is 0 Å². The molecule has 1 amide bonds. The van der Waals surface area contributed by atoms with Crippen LogP contribution in [0.5, 0.6) is 0 Å². The first-order valence-electron chi connectivity index (χ1n) is 7.67. The number of amides is 1. The van der Waals surface area contributed by atoms with E-state index in [1.54, 1.807) is 0 Å². The number of aromatic amines is 1. The predicted molar refractivity (Wildman–Crippen MR) is 93.8 cm³/mol. The number of carbonyl (C=O) groups excluding carboxylic acids is 1. The van der Waals surface area contributed by atoms with E-state index in [1.807, 2.05) is 24.3 Å². The molecule has 1 aromatic carbocycles. The Bertz CT molecular complexity index is 805. The number of carbonyl (C=O) groups is 2. The van der Waals surface area contributed by atoms with Gasteiger partial charge in [0.2, 0.25) is 5.91 Å². The third-order valence-electron chi connectivity index (χ3n) is 3.31. The highest BCUT2D eigenvalue weighted by Gasteiger charge is 2.09. The highest BCUT2D eigenvalue weighted by molar-refractivity contribution is 7.99. The molecule has 2 aromatic rings. The Morgan fingerprint density at radius 3 is 2.56 bits per heavy atom. The number of carboxylic acids is 1. The highest BCUT2D eigenvalue weighted by atomic mass is 32.2. The van der Waals surface area contributed by atoms with Crippen molar-refractivity contribution in [2.75, 3.05) is 11.1 Å². The molecule has 0 saturated heterocycles. The Labute approximate surface area is 148 Å². The van der Waals surface area contributed by atoms with Gasteiger partial charge in [0.1, 0.15) is 5.69 Å². The molecule has 3 N–H and O–H groups in total. The Balaban J connectivity index is 1.87. The summed E-state index contributed by atoms with van der Waals surface area (Å²) < 4.78 is 0. The van der Waals surface area contributed by atoms with Crippen molar-refractivity contribution in [3.8, 4) is 0 Å². The SMILES string of the molecule is CCc1ccc(NC(=O)CSc2nnc(CCC(=O)O)c(=O)[nH]2)cc1. The number of carboxylic acid groups (broad SMARTS) is 1. The molecule has 0 spiro atoms. The summed E-state index contributed by atoms with van der Waals surface area (Å²) in [6.45, 7) is 2.05. The van der Waals surface area contributed by atoms with Gasteiger partial charge < -0.3 is 10.4 Å². The molecular weight excluding hydrogens is 344 g/mol. The quantitative estimate of drug-likeness (QED) is 0.607. The maximum absolute atomic E-state index is 11.9. The molecule has 0 fully saturated rings. The first-order chi connectivity index (χ1) is 12.0. The Morgan fingerprint density at radius 1 is 1.24 bits per heavy atom. The van der Waals surface area contributed by atoms with Crippen LogP contribution in [0.2, 0.25) is 0 Å². The van der Waals surface area contributed by atoms with E-state index in [9.17, 15) is 14.4 Å². The number of aryl methyl sites for hydroxylation is 2. The van der Waals surface area contributed by atoms with Gasteiger partial charge in [-0.05, 0) is 24.1 Å². The molecule has 25 heavy (non-hydrogen) atoms. The molecule has 0 aliphatic carbocycles. The number of nitrogens with zero attached hydrogens (tertiary/aromatic N) is 2. The van der Waals surface area contributed by atoms with Crippen molar-refractivity contribution in [1.82, 2.24) is 15.2 Å². The molecule has 0 aliphatic rings. The van der Waals surface area contributed by atoms with Crippen LogP contribution in [0, 0.1) is 0 Å². The van der Waals surface area contributed by atoms with Crippen LogP contribution >= 0.6 is 11.8 Å². The van der Waals surface area contributed by atoms with Gasteiger partial charge in [0.15, 0.2) is 5.16 Å². The van der Waals surface area contributed by atoms with E-state index in [2.05, 4.69) is 27.4 Å². The normalized spacial score (nSPS) is 10.4. The molecule has 0 radical (unpaired) electrons. The molecule has 1 heterocycles. The summed E-state index contributed by atoms with van der Waals surface area (Å²) in [5.74, 6) is -1.18. The molecule has 1 aromatic heterocycles. The molecule has 8 nitrogen and oxygen atoms in total. The summed E-state index contributed by atoms with van der Waals surface area (Å²) in [4.78, 5) is 36.7. The number of aromatic nitrogens is 3. The maximum atomic E-state index is 11.9. The lowest BCUT2D eigenvalue weighted by Gasteiger charge is -2.05. The topological polar surface area (TPSA) is 125 Å². The number of anilines is 1. The highest BCUT2D eigenvalue weighted by Crippen LogP contribution is 2.13. The van der Waals surface area contributed by atoms with E-state index in [-0.39, 0.29) is 35.4 Å². The fourth-order valence-electron chi connectivity index (χ4n) is 1.95. The van der Waals surface area contributed by atoms with E-state index in [0.29, 0.717) is 5.69 Å². The monoisotopic (exact) mass is 362 g/mol. The summed E-state index contributed by atoms with van der Waals surface area (Å²) in [5.41, 5.74) is 1.45. The molecule has 9 heteroatoms. The van der Waals surface area contributed by atoms with Gasteiger partial charge >= 0.3 is 5.97 Å². The van der Waals surface area contributed by atoms with E-state index in [1.165, 1.54) is 5.56 Å². The Kier molecular flexibility index (Phi) is 6.70. The van der Waals surface area contributed by atoms with Crippen molar-refractivity contribution in [2.24, 2.45) is 0 Å². The zero-order chi connectivity index (χ0) is 18.2. The van der Waals surface area contributed by atoms with Crippen LogP contribution in [-0.2, 0) is 22.4 Å². The second kappa shape index (κ2) is 8.97. The number of aliphatic carboxylic acids is 1. The number of rotatable bonds is 8. The minimum atomic E-state index is -1.01. The van der Waals surface area contributed by atoms with Crippen molar-refractivity contribution >= 4 is 29.3 Å². The summed E-state index contributed by atoms with van der Waals surface area (Å²) in [6.07, 6.45) is 0.749. The minimum absolute atomic E-state index is 0.0108. The molecule has 0 saturated carbocycles. The van der Waals surface area contributed by atoms with Crippen LogP contribution < -0.4 is 10.9 Å². The van der Waals surface area contributed by atoms with Crippen LogP contribution in [-0.4, -0.2) is 37.9 Å². The number of thioether (sulfide) groups is 1. The van der Waals surface area contributed by atoms with Gasteiger partial charge in [-0.2, -0.15) is 0 Å². The van der Waals surface area contributed by atoms with Gasteiger partial charge in [-0.3, -0.25) is 19.4 Å². The molecular formula is C16H18N4O4S. The smallest absolute Gasteiger partial charge is 0.303 e. The van der Waals surface area contributed by atoms with Gasteiger partial charge in [0, 0.05) is 12.1 Å². The van der Waals surface area contributed by atoms with E-state index in [4.69, 9.17) is 5.11 Å². The van der Waals surface area contributed by atoms with Crippen molar-refractivity contribution < 1.29 is 14.7 Å². The third kappa shape index (κ3) is 6.03. The van der Waals surface area contributed by atoms with E-state index in [0.717, 1.165) is 18.2 Å². The average Bonchev–Trinajstić information content (AvgIpc) is 2.59. The second-order valence-corrected chi connectivity index (χ2v) is 6.15. The van der Waals surface area contributed by atoms with Crippen molar-refractivity contribution in [3.05, 3.63) is 45.9 Å². The molecule has 0 atom stereocenters. The zero-order valence-corrected chi connectivity index (χ0v) is 14.4. The fraction of sp³-hybridized carbons (Fsp3) is 0.312. The number of benzene rings is 1. The fourth-order valence-corrected chi connectivity index (χ4v) is 2.56. The molecule has 0 unspecified atom stereocenters. The van der Waals surface area contributed by atoms with Crippen molar-refractivity contribution in [2.45, 2.75) is 31.3 Å². The first kappa shape index (κ1) is 18.7. The lowest BCUT2D eigenvalue weighted by Crippen LogP contribution is -2.19. The maximum Gasteiger partial charge on any atom is 0.303 e. The van der Waals surface area contributed by atoms with Crippen LogP contribution in [0.25, 0.3) is 0 Å². The van der Waals surface area contributed by atoms with Gasteiger partial charge in [-0.1, -0.05) is 30.8 Å². The van der Waals surface area contributed by atoms with E-state index >= 15 is 0 Å². The lowest BCUT2D eigenvalue weighted by molar-refractivity contribution is -0.137. The van der Waals surface area contributed by atoms with E-state index < -0.39 is 11.5 Å². The number of H-pyrrole nitrogens is 1. The average molecular weight is 362 g/mol. The largest absolute Gasteiger partial charge is 0.481 e. The molecule has 2 rings (SSSR count). The van der Waals surface area contributed by atoms with Gasteiger partial charge in [-0.15, -0.1) is 10.2 Å². The zero-order valence-electron chi connectivity index (χ0n) is 13.6. The van der Waals surface area contributed by atoms with Gasteiger partial charge in [0.05, 0.1) is 12.2 Å². The second-order valence-electron chi connectivity index (χ2n) is 5.19. The number of nitrogens with one attached hydrogen (secondary N) is 2. The van der Waals surface area contributed by atoms with Crippen molar-refractivity contribution in [3.63, 3.8) is 0 Å². The summed E-state index contributed by atoms with van der Waals surface area (Å²) >= 11 is 1.05.